The first-order valence-electron chi connectivity index (χ1n) is 19.9. The lowest BCUT2D eigenvalue weighted by Gasteiger charge is -2.62. The number of Topliss-reactive ketones (excluding diaryl/α,β-unsaturated/α-hetero) is 2. The van der Waals surface area contributed by atoms with Crippen LogP contribution < -0.4 is 0 Å². The molecule has 6 rings (SSSR count). The standard InChI is InChI=1S/C39H64O14/c1-16(2)9-20(41)10-17(3)29-25(51-37-35(49)33(47)31(45)26(15-40)52-37)14-23-28-22(7-8-38(23,29)5)39(6)19(12-24(28)43)11-21(42)13-27(39)53-36-34(48)32(46)30(44)18(4)50-36/h16-19,21-23,25-37,40,42,44-49H,7-15H2,1-6H3/t17-,18+,19?,21-,22+,23+,25+,26-,27-,28-,29+,30+,31-,32-,33+,34-,35-,36+,37-,38+,39+/m1/s1. The molecule has 0 radical (unpaired) electrons. The SMILES string of the molecule is CC(C)CC(=O)C[C@@H](C)[C@H]1[C@@H](O[C@@H]2O[C@H](CO)[C@@H](O)[C@H](O)[C@H]2O)C[C@H]2[C@@H]3C(=O)CC4C[C@@H](O)C[C@@H](O[C@@H]5O[C@@H](C)[C@H](O)[C@@H](O)[C@H]5O)[C@]4(C)[C@H]3CC[C@]12C. The molecule has 14 heteroatoms. The second kappa shape index (κ2) is 15.7. The normalized spacial score (nSPS) is 52.1. The molecule has 0 aromatic carbocycles. The number of hydrogen-bond acceptors (Lipinski definition) is 14. The predicted octanol–water partition coefficient (Wildman–Crippen LogP) is 0.444. The predicted molar refractivity (Wildman–Crippen MR) is 186 cm³/mol. The van der Waals surface area contributed by atoms with Crippen molar-refractivity contribution in [2.45, 2.75) is 173 Å². The molecule has 2 saturated heterocycles. The van der Waals surface area contributed by atoms with Gasteiger partial charge in [0.1, 0.15) is 54.3 Å². The van der Waals surface area contributed by atoms with Crippen molar-refractivity contribution in [2.75, 3.05) is 6.61 Å². The molecule has 4 saturated carbocycles. The van der Waals surface area contributed by atoms with Crippen LogP contribution in [0.3, 0.4) is 0 Å². The summed E-state index contributed by atoms with van der Waals surface area (Å²) in [6.07, 6.45) is -12.3. The Labute approximate surface area is 312 Å². The minimum absolute atomic E-state index is 0.0955. The number of aliphatic hydroxyl groups is 8. The van der Waals surface area contributed by atoms with E-state index < -0.39 is 103 Å². The van der Waals surface area contributed by atoms with Crippen molar-refractivity contribution in [3.05, 3.63) is 0 Å². The summed E-state index contributed by atoms with van der Waals surface area (Å²) in [4.78, 5) is 27.7. The van der Waals surface area contributed by atoms with Crippen LogP contribution in [0.1, 0.15) is 92.9 Å². The Kier molecular flexibility index (Phi) is 12.3. The van der Waals surface area contributed by atoms with E-state index in [1.54, 1.807) is 6.92 Å². The van der Waals surface area contributed by atoms with E-state index in [0.29, 0.717) is 38.5 Å². The van der Waals surface area contributed by atoms with Crippen molar-refractivity contribution < 1.29 is 69.4 Å². The molecule has 21 atom stereocenters. The van der Waals surface area contributed by atoms with Crippen molar-refractivity contribution in [3.63, 3.8) is 0 Å². The van der Waals surface area contributed by atoms with Gasteiger partial charge in [-0.2, -0.15) is 0 Å². The average Bonchev–Trinajstić information content (AvgIpc) is 3.38. The summed E-state index contributed by atoms with van der Waals surface area (Å²) in [7, 11) is 0. The first kappa shape index (κ1) is 41.5. The Morgan fingerprint density at radius 1 is 0.830 bits per heavy atom. The highest BCUT2D eigenvalue weighted by atomic mass is 16.7. The van der Waals surface area contributed by atoms with Crippen LogP contribution in [-0.2, 0) is 28.5 Å². The molecule has 4 aliphatic carbocycles. The van der Waals surface area contributed by atoms with Gasteiger partial charge in [0.15, 0.2) is 12.6 Å². The van der Waals surface area contributed by atoms with Crippen molar-refractivity contribution >= 4 is 11.6 Å². The largest absolute Gasteiger partial charge is 0.394 e. The first-order valence-corrected chi connectivity index (χ1v) is 19.9. The fraction of sp³-hybridized carbons (Fsp3) is 0.949. The van der Waals surface area contributed by atoms with Gasteiger partial charge in [0.2, 0.25) is 0 Å². The number of fused-ring (bicyclic) bond motifs is 5. The molecule has 0 aromatic heterocycles. The molecule has 0 aromatic rings. The van der Waals surface area contributed by atoms with Gasteiger partial charge in [0.05, 0.1) is 31.0 Å². The third kappa shape index (κ3) is 7.31. The topological polar surface area (TPSA) is 233 Å². The zero-order valence-corrected chi connectivity index (χ0v) is 31.9. The van der Waals surface area contributed by atoms with E-state index in [0.717, 1.165) is 0 Å². The van der Waals surface area contributed by atoms with Gasteiger partial charge in [0, 0.05) is 37.0 Å². The lowest BCUT2D eigenvalue weighted by Crippen LogP contribution is -2.64. The number of hydrogen-bond donors (Lipinski definition) is 8. The summed E-state index contributed by atoms with van der Waals surface area (Å²) in [6.45, 7) is 11.3. The summed E-state index contributed by atoms with van der Waals surface area (Å²) in [5.74, 6) is -1.01. The van der Waals surface area contributed by atoms with Gasteiger partial charge in [0.25, 0.3) is 0 Å². The lowest BCUT2D eigenvalue weighted by molar-refractivity contribution is -0.326. The second-order valence-corrected chi connectivity index (χ2v) is 18.4. The molecule has 53 heavy (non-hydrogen) atoms. The summed E-state index contributed by atoms with van der Waals surface area (Å²) in [5.41, 5.74) is -1.10. The Bertz CT molecular complexity index is 1310. The minimum atomic E-state index is -1.62. The molecule has 0 amide bonds. The van der Waals surface area contributed by atoms with Crippen LogP contribution in [0, 0.1) is 52.3 Å². The second-order valence-electron chi connectivity index (χ2n) is 18.4. The van der Waals surface area contributed by atoms with Crippen molar-refractivity contribution in [3.8, 4) is 0 Å². The van der Waals surface area contributed by atoms with Crippen LogP contribution in [0.4, 0.5) is 0 Å². The van der Waals surface area contributed by atoms with Crippen LogP contribution in [0.2, 0.25) is 0 Å². The number of ketones is 2. The number of ether oxygens (including phenoxy) is 4. The molecule has 1 unspecified atom stereocenters. The van der Waals surface area contributed by atoms with E-state index in [1.165, 1.54) is 0 Å². The molecule has 14 nitrogen and oxygen atoms in total. The van der Waals surface area contributed by atoms with Gasteiger partial charge in [-0.15, -0.1) is 0 Å². The lowest BCUT2D eigenvalue weighted by atomic mass is 9.43. The van der Waals surface area contributed by atoms with Crippen molar-refractivity contribution in [1.82, 2.24) is 0 Å². The molecule has 0 spiro atoms. The third-order valence-electron chi connectivity index (χ3n) is 14.7. The van der Waals surface area contributed by atoms with Gasteiger partial charge < -0.3 is 59.8 Å². The molecule has 8 N–H and O–H groups in total. The molecule has 304 valence electrons. The molecule has 6 fully saturated rings. The highest BCUT2D eigenvalue weighted by molar-refractivity contribution is 5.83. The van der Waals surface area contributed by atoms with E-state index in [1.807, 2.05) is 20.8 Å². The van der Waals surface area contributed by atoms with Gasteiger partial charge in [-0.1, -0.05) is 34.6 Å². The van der Waals surface area contributed by atoms with E-state index in [4.69, 9.17) is 18.9 Å². The van der Waals surface area contributed by atoms with E-state index in [-0.39, 0.29) is 59.9 Å². The fourth-order valence-corrected chi connectivity index (χ4v) is 12.0. The summed E-state index contributed by atoms with van der Waals surface area (Å²) >= 11 is 0. The summed E-state index contributed by atoms with van der Waals surface area (Å²) < 4.78 is 24.7. The summed E-state index contributed by atoms with van der Waals surface area (Å²) in [6, 6.07) is 0. The van der Waals surface area contributed by atoms with Crippen LogP contribution in [0.15, 0.2) is 0 Å². The molecule has 6 aliphatic rings. The number of rotatable bonds is 10. The van der Waals surface area contributed by atoms with Gasteiger partial charge in [-0.05, 0) is 73.5 Å². The maximum atomic E-state index is 14.5. The Balaban J connectivity index is 1.32. The van der Waals surface area contributed by atoms with Crippen LogP contribution in [0.25, 0.3) is 0 Å². The quantitative estimate of drug-likeness (QED) is 0.151. The molecule has 2 aliphatic heterocycles. The molecular weight excluding hydrogens is 692 g/mol. The minimum Gasteiger partial charge on any atom is -0.394 e. The Hall–Kier alpha value is -1.14. The molecule has 2 heterocycles. The Morgan fingerprint density at radius 3 is 2.11 bits per heavy atom. The number of carbonyl (C=O) groups is 2. The van der Waals surface area contributed by atoms with Crippen molar-refractivity contribution in [1.29, 1.82) is 0 Å². The van der Waals surface area contributed by atoms with Gasteiger partial charge in [-0.25, -0.2) is 0 Å². The highest BCUT2D eigenvalue weighted by Crippen LogP contribution is 2.68. The van der Waals surface area contributed by atoms with Crippen LogP contribution in [0.5, 0.6) is 0 Å². The monoisotopic (exact) mass is 756 g/mol. The fourth-order valence-electron chi connectivity index (χ4n) is 12.0. The smallest absolute Gasteiger partial charge is 0.186 e. The zero-order chi connectivity index (χ0) is 38.9. The van der Waals surface area contributed by atoms with Crippen LogP contribution >= 0.6 is 0 Å². The van der Waals surface area contributed by atoms with E-state index in [2.05, 4.69) is 13.8 Å². The highest BCUT2D eigenvalue weighted by Gasteiger charge is 2.68. The zero-order valence-electron chi connectivity index (χ0n) is 31.9. The maximum absolute atomic E-state index is 14.5. The maximum Gasteiger partial charge on any atom is 0.186 e. The van der Waals surface area contributed by atoms with Crippen molar-refractivity contribution in [2.24, 2.45) is 52.3 Å². The summed E-state index contributed by atoms with van der Waals surface area (Å²) in [5, 5.41) is 84.6. The molecule has 0 bridgehead atoms. The van der Waals surface area contributed by atoms with Crippen LogP contribution in [-0.4, -0.2) is 139 Å². The third-order valence-corrected chi connectivity index (χ3v) is 14.7. The molecular formula is C39H64O14. The average molecular weight is 757 g/mol. The number of carbonyl (C=O) groups excluding carboxylic acids is 2. The van der Waals surface area contributed by atoms with E-state index >= 15 is 0 Å². The van der Waals surface area contributed by atoms with Gasteiger partial charge in [-0.3, -0.25) is 9.59 Å². The van der Waals surface area contributed by atoms with E-state index in [9.17, 15) is 50.4 Å². The number of aliphatic hydroxyl groups excluding tert-OH is 8. The van der Waals surface area contributed by atoms with Gasteiger partial charge >= 0.3 is 0 Å². The Morgan fingerprint density at radius 2 is 1.47 bits per heavy atom. The first-order chi connectivity index (χ1) is 24.8.